The summed E-state index contributed by atoms with van der Waals surface area (Å²) in [6, 6.07) is -4.71. The van der Waals surface area contributed by atoms with E-state index in [0.717, 1.165) is 0 Å². The number of rotatable bonds is 17. The van der Waals surface area contributed by atoms with Gasteiger partial charge in [0.2, 0.25) is 17.7 Å². The van der Waals surface area contributed by atoms with Crippen LogP contribution in [0.15, 0.2) is 9.98 Å². The van der Waals surface area contributed by atoms with Crippen molar-refractivity contribution in [1.29, 1.82) is 0 Å². The molecule has 16 nitrogen and oxygen atoms in total. The van der Waals surface area contributed by atoms with E-state index in [1.165, 1.54) is 0 Å². The van der Waals surface area contributed by atoms with E-state index in [1.54, 1.807) is 13.8 Å². The second kappa shape index (κ2) is 16.9. The molecular weight excluding hydrogens is 476 g/mol. The molecular formula is C20H40N10O6. The number of hydrogen-bond donors (Lipinski definition) is 10. The molecule has 0 radical (unpaired) electrons. The van der Waals surface area contributed by atoms with E-state index in [-0.39, 0.29) is 37.9 Å². The number of carbonyl (C=O) groups is 4. The molecule has 0 aliphatic rings. The molecule has 36 heavy (non-hydrogen) atoms. The van der Waals surface area contributed by atoms with E-state index < -0.39 is 60.4 Å². The lowest BCUT2D eigenvalue weighted by atomic mass is 10.0. The minimum absolute atomic E-state index is 0.0806. The Balaban J connectivity index is 5.40. The van der Waals surface area contributed by atoms with Crippen molar-refractivity contribution in [2.24, 2.45) is 44.6 Å². The number of carboxylic acids is 1. The number of carbonyl (C=O) groups excluding carboxylic acids is 3. The molecule has 0 aliphatic carbocycles. The molecule has 15 N–H and O–H groups in total. The average molecular weight is 517 g/mol. The van der Waals surface area contributed by atoms with E-state index in [2.05, 4.69) is 25.9 Å². The molecule has 0 fully saturated rings. The van der Waals surface area contributed by atoms with Crippen molar-refractivity contribution in [2.75, 3.05) is 19.7 Å². The van der Waals surface area contributed by atoms with E-state index in [4.69, 9.17) is 38.9 Å². The first kappa shape index (κ1) is 32.3. The summed E-state index contributed by atoms with van der Waals surface area (Å²) >= 11 is 0. The minimum atomic E-state index is -1.54. The molecule has 0 aliphatic heterocycles. The van der Waals surface area contributed by atoms with Gasteiger partial charge in [-0.15, -0.1) is 0 Å². The Bertz CT molecular complexity index is 796. The van der Waals surface area contributed by atoms with Crippen LogP contribution in [0.2, 0.25) is 0 Å². The summed E-state index contributed by atoms with van der Waals surface area (Å²) in [5.74, 6) is -4.18. The monoisotopic (exact) mass is 516 g/mol. The standard InChI is InChI=1S/C20H40N10O6/c1-10(2)14(17(34)29-13(9-31)18(35)36)30-16(33)12(6-4-8-27-20(24)25)28-15(32)11(21)5-3-7-26-19(22)23/h10-14,31H,3-9,21H2,1-2H3,(H,28,32)(H,29,34)(H,30,33)(H,35,36)(H4,22,23,26)(H4,24,25,27). The highest BCUT2D eigenvalue weighted by Gasteiger charge is 2.31. The molecule has 0 bridgehead atoms. The molecule has 4 atom stereocenters. The molecule has 0 rings (SSSR count). The van der Waals surface area contributed by atoms with Crippen LogP contribution in [0, 0.1) is 5.92 Å². The molecule has 0 aromatic carbocycles. The number of aliphatic carboxylic acids is 1. The number of amides is 3. The van der Waals surface area contributed by atoms with Gasteiger partial charge in [-0.3, -0.25) is 24.4 Å². The van der Waals surface area contributed by atoms with Gasteiger partial charge in [0.15, 0.2) is 11.9 Å². The van der Waals surface area contributed by atoms with Crippen LogP contribution in [0.3, 0.4) is 0 Å². The predicted octanol–water partition coefficient (Wildman–Crippen LogP) is -4.39. The van der Waals surface area contributed by atoms with E-state index >= 15 is 0 Å². The van der Waals surface area contributed by atoms with Crippen LogP contribution >= 0.6 is 0 Å². The van der Waals surface area contributed by atoms with E-state index in [9.17, 15) is 19.2 Å². The van der Waals surface area contributed by atoms with Gasteiger partial charge in [-0.25, -0.2) is 4.79 Å². The molecule has 0 aromatic rings. The maximum absolute atomic E-state index is 13.0. The highest BCUT2D eigenvalue weighted by Crippen LogP contribution is 2.07. The van der Waals surface area contributed by atoms with Gasteiger partial charge in [-0.2, -0.15) is 0 Å². The average Bonchev–Trinajstić information content (AvgIpc) is 2.79. The van der Waals surface area contributed by atoms with E-state index in [0.29, 0.717) is 12.8 Å². The van der Waals surface area contributed by atoms with Gasteiger partial charge in [-0.05, 0) is 31.6 Å². The molecule has 16 heteroatoms. The Morgan fingerprint density at radius 3 is 1.72 bits per heavy atom. The number of nitrogens with one attached hydrogen (secondary N) is 3. The van der Waals surface area contributed by atoms with Gasteiger partial charge in [0.1, 0.15) is 18.1 Å². The third-order valence-electron chi connectivity index (χ3n) is 4.93. The van der Waals surface area contributed by atoms with Gasteiger partial charge >= 0.3 is 5.97 Å². The first-order chi connectivity index (χ1) is 16.8. The molecule has 4 unspecified atom stereocenters. The molecule has 0 saturated heterocycles. The Morgan fingerprint density at radius 2 is 1.28 bits per heavy atom. The van der Waals surface area contributed by atoms with Crippen LogP contribution in [-0.4, -0.2) is 89.7 Å². The van der Waals surface area contributed by atoms with Gasteiger partial charge in [0.25, 0.3) is 0 Å². The number of nitrogens with two attached hydrogens (primary N) is 5. The van der Waals surface area contributed by atoms with Crippen molar-refractivity contribution in [2.45, 2.75) is 63.7 Å². The Kier molecular flexibility index (Phi) is 15.2. The topological polar surface area (TPSA) is 300 Å². The fraction of sp³-hybridized carbons (Fsp3) is 0.700. The number of carboxylic acid groups (broad SMARTS) is 1. The largest absolute Gasteiger partial charge is 0.480 e. The van der Waals surface area contributed by atoms with Gasteiger partial charge < -0.3 is 54.8 Å². The van der Waals surface area contributed by atoms with Crippen molar-refractivity contribution >= 4 is 35.6 Å². The highest BCUT2D eigenvalue weighted by atomic mass is 16.4. The number of aliphatic imine (C=N–C) groups is 2. The Morgan fingerprint density at radius 1 is 0.778 bits per heavy atom. The number of guanidine groups is 2. The lowest BCUT2D eigenvalue weighted by Gasteiger charge is -2.26. The van der Waals surface area contributed by atoms with E-state index in [1.807, 2.05) is 0 Å². The zero-order chi connectivity index (χ0) is 27.8. The van der Waals surface area contributed by atoms with Gasteiger partial charge in [0.05, 0.1) is 12.6 Å². The van der Waals surface area contributed by atoms with Crippen LogP contribution < -0.4 is 44.6 Å². The van der Waals surface area contributed by atoms with Crippen LogP contribution in [0.1, 0.15) is 39.5 Å². The van der Waals surface area contributed by atoms with Crippen molar-refractivity contribution in [3.8, 4) is 0 Å². The normalized spacial score (nSPS) is 14.0. The third-order valence-corrected chi connectivity index (χ3v) is 4.93. The van der Waals surface area contributed by atoms with Crippen LogP contribution in [0.4, 0.5) is 0 Å². The fourth-order valence-corrected chi connectivity index (χ4v) is 2.94. The summed E-state index contributed by atoms with van der Waals surface area (Å²) < 4.78 is 0. The van der Waals surface area contributed by atoms with Crippen molar-refractivity contribution in [3.05, 3.63) is 0 Å². The first-order valence-corrected chi connectivity index (χ1v) is 11.4. The number of aliphatic hydroxyl groups excluding tert-OH is 1. The Labute approximate surface area is 209 Å². The van der Waals surface area contributed by atoms with Gasteiger partial charge in [0, 0.05) is 13.1 Å². The highest BCUT2D eigenvalue weighted by molar-refractivity contribution is 5.94. The molecule has 0 saturated carbocycles. The summed E-state index contributed by atoms with van der Waals surface area (Å²) in [4.78, 5) is 57.0. The lowest BCUT2D eigenvalue weighted by molar-refractivity contribution is -0.143. The Hall–Kier alpha value is -3.66. The summed E-state index contributed by atoms with van der Waals surface area (Å²) in [6.07, 6.45) is 1.12. The second-order valence-corrected chi connectivity index (χ2v) is 8.38. The van der Waals surface area contributed by atoms with Crippen LogP contribution in [-0.2, 0) is 19.2 Å². The number of nitrogens with zero attached hydrogens (tertiary/aromatic N) is 2. The van der Waals surface area contributed by atoms with Crippen molar-refractivity contribution in [1.82, 2.24) is 16.0 Å². The fourth-order valence-electron chi connectivity index (χ4n) is 2.94. The third kappa shape index (κ3) is 13.3. The summed E-state index contributed by atoms with van der Waals surface area (Å²) in [6.45, 7) is 2.92. The zero-order valence-electron chi connectivity index (χ0n) is 20.6. The van der Waals surface area contributed by atoms with Crippen LogP contribution in [0.5, 0.6) is 0 Å². The smallest absolute Gasteiger partial charge is 0.328 e. The molecule has 0 aromatic heterocycles. The second-order valence-electron chi connectivity index (χ2n) is 8.38. The van der Waals surface area contributed by atoms with Crippen molar-refractivity contribution < 1.29 is 29.4 Å². The first-order valence-electron chi connectivity index (χ1n) is 11.4. The quantitative estimate of drug-likeness (QED) is 0.0500. The number of hydrogen-bond acceptors (Lipinski definition) is 8. The predicted molar refractivity (Wildman–Crippen MR) is 133 cm³/mol. The molecule has 0 heterocycles. The molecule has 0 spiro atoms. The summed E-state index contributed by atoms with van der Waals surface area (Å²) in [5, 5.41) is 25.5. The number of aliphatic hydroxyl groups is 1. The zero-order valence-corrected chi connectivity index (χ0v) is 20.6. The molecule has 206 valence electrons. The van der Waals surface area contributed by atoms with Gasteiger partial charge in [-0.1, -0.05) is 13.8 Å². The summed E-state index contributed by atoms with van der Waals surface area (Å²) in [5.41, 5.74) is 27.0. The lowest BCUT2D eigenvalue weighted by Crippen LogP contribution is -2.58. The minimum Gasteiger partial charge on any atom is -0.480 e. The summed E-state index contributed by atoms with van der Waals surface area (Å²) in [7, 11) is 0. The maximum Gasteiger partial charge on any atom is 0.328 e. The van der Waals surface area contributed by atoms with Crippen molar-refractivity contribution in [3.63, 3.8) is 0 Å². The maximum atomic E-state index is 13.0. The SMILES string of the molecule is CC(C)C(NC(=O)C(CCCN=C(N)N)NC(=O)C(N)CCCN=C(N)N)C(=O)NC(CO)C(=O)O. The van der Waals surface area contributed by atoms with Crippen LogP contribution in [0.25, 0.3) is 0 Å². The molecule has 3 amide bonds.